The number of ether oxygens (including phenoxy) is 3. The molecule has 0 saturated heterocycles. The van der Waals surface area contributed by atoms with Gasteiger partial charge in [-0.25, -0.2) is 0 Å². The molecule has 2 aromatic carbocycles. The van der Waals surface area contributed by atoms with Crippen molar-refractivity contribution in [2.45, 2.75) is 58.5 Å². The van der Waals surface area contributed by atoms with Crippen LogP contribution in [0, 0.1) is 5.92 Å². The molecule has 1 aliphatic heterocycles. The Morgan fingerprint density at radius 2 is 1.89 bits per heavy atom. The number of hydrogen-bond donors (Lipinski definition) is 1. The SMILES string of the molecule is CCc1ccc(OCc2nnc(SCC(=O)NC(C)c3ccc4c(c3)OCO4)n2CC(C)C)cc1. The van der Waals surface area contributed by atoms with Crippen LogP contribution in [0.2, 0.25) is 0 Å². The maximum absolute atomic E-state index is 12.7. The molecule has 9 heteroatoms. The zero-order valence-corrected chi connectivity index (χ0v) is 21.4. The number of hydrogen-bond acceptors (Lipinski definition) is 7. The Hall–Kier alpha value is -3.20. The molecule has 0 fully saturated rings. The van der Waals surface area contributed by atoms with Gasteiger partial charge in [0.1, 0.15) is 12.4 Å². The van der Waals surface area contributed by atoms with Crippen LogP contribution in [0.15, 0.2) is 47.6 Å². The number of aryl methyl sites for hydroxylation is 1. The highest BCUT2D eigenvalue weighted by Gasteiger charge is 2.19. The lowest BCUT2D eigenvalue weighted by Crippen LogP contribution is -2.28. The van der Waals surface area contributed by atoms with Gasteiger partial charge in [0.25, 0.3) is 0 Å². The van der Waals surface area contributed by atoms with E-state index in [4.69, 9.17) is 14.2 Å². The fourth-order valence-corrected chi connectivity index (χ4v) is 4.51. The molecule has 1 aromatic heterocycles. The Morgan fingerprint density at radius 1 is 1.11 bits per heavy atom. The molecule has 0 bridgehead atoms. The molecular formula is C26H32N4O4S. The van der Waals surface area contributed by atoms with Crippen LogP contribution in [0.4, 0.5) is 0 Å². The largest absolute Gasteiger partial charge is 0.486 e. The number of carbonyl (C=O) groups excluding carboxylic acids is 1. The van der Waals surface area contributed by atoms with E-state index in [1.165, 1.54) is 17.3 Å². The Morgan fingerprint density at radius 3 is 2.63 bits per heavy atom. The van der Waals surface area contributed by atoms with Gasteiger partial charge < -0.3 is 24.1 Å². The fourth-order valence-electron chi connectivity index (χ4n) is 3.73. The Balaban J connectivity index is 1.35. The number of fused-ring (bicyclic) bond motifs is 1. The first-order chi connectivity index (χ1) is 16.9. The van der Waals surface area contributed by atoms with Gasteiger partial charge in [-0.15, -0.1) is 10.2 Å². The van der Waals surface area contributed by atoms with Gasteiger partial charge in [0.15, 0.2) is 22.5 Å². The second kappa shape index (κ2) is 11.5. The third kappa shape index (κ3) is 6.48. The third-order valence-electron chi connectivity index (χ3n) is 5.65. The Labute approximate surface area is 210 Å². The smallest absolute Gasteiger partial charge is 0.231 e. The van der Waals surface area contributed by atoms with Crippen molar-refractivity contribution in [1.82, 2.24) is 20.1 Å². The standard InChI is InChI=1S/C26H32N4O4S/c1-5-19-6-9-21(10-7-19)32-14-24-28-29-26(30(24)13-17(2)3)35-15-25(31)27-18(4)20-8-11-22-23(12-20)34-16-33-22/h6-12,17-18H,5,13-16H2,1-4H3,(H,27,31). The minimum Gasteiger partial charge on any atom is -0.486 e. The highest BCUT2D eigenvalue weighted by atomic mass is 32.2. The van der Waals surface area contributed by atoms with Crippen molar-refractivity contribution in [2.75, 3.05) is 12.5 Å². The zero-order valence-electron chi connectivity index (χ0n) is 20.6. The summed E-state index contributed by atoms with van der Waals surface area (Å²) in [5.41, 5.74) is 2.23. The lowest BCUT2D eigenvalue weighted by atomic mass is 10.1. The molecule has 1 aliphatic rings. The van der Waals surface area contributed by atoms with Crippen molar-refractivity contribution in [3.05, 3.63) is 59.4 Å². The second-order valence-corrected chi connectivity index (χ2v) is 9.82. The molecular weight excluding hydrogens is 464 g/mol. The molecule has 1 N–H and O–H groups in total. The number of nitrogens with one attached hydrogen (secondary N) is 1. The predicted molar refractivity (Wildman–Crippen MR) is 135 cm³/mol. The van der Waals surface area contributed by atoms with Gasteiger partial charge in [0.2, 0.25) is 12.7 Å². The van der Waals surface area contributed by atoms with Gasteiger partial charge in [-0.05, 0) is 54.7 Å². The quantitative estimate of drug-likeness (QED) is 0.383. The Bertz CT molecular complexity index is 1150. The van der Waals surface area contributed by atoms with Crippen molar-refractivity contribution >= 4 is 17.7 Å². The summed E-state index contributed by atoms with van der Waals surface area (Å²) < 4.78 is 18.8. The number of aromatic nitrogens is 3. The van der Waals surface area contributed by atoms with E-state index in [0.29, 0.717) is 23.4 Å². The van der Waals surface area contributed by atoms with Crippen LogP contribution in [0.3, 0.4) is 0 Å². The van der Waals surface area contributed by atoms with Crippen LogP contribution in [-0.2, 0) is 24.4 Å². The van der Waals surface area contributed by atoms with Crippen molar-refractivity contribution in [1.29, 1.82) is 0 Å². The van der Waals surface area contributed by atoms with Gasteiger partial charge in [-0.3, -0.25) is 4.79 Å². The lowest BCUT2D eigenvalue weighted by molar-refractivity contribution is -0.119. The van der Waals surface area contributed by atoms with Gasteiger partial charge in [-0.1, -0.05) is 50.7 Å². The van der Waals surface area contributed by atoms with Crippen LogP contribution < -0.4 is 19.5 Å². The lowest BCUT2D eigenvalue weighted by Gasteiger charge is -2.15. The molecule has 1 unspecified atom stereocenters. The summed E-state index contributed by atoms with van der Waals surface area (Å²) in [6.07, 6.45) is 0.993. The van der Waals surface area contributed by atoms with Gasteiger partial charge in [0, 0.05) is 6.54 Å². The van der Waals surface area contributed by atoms with Crippen LogP contribution in [-0.4, -0.2) is 33.2 Å². The molecule has 0 saturated carbocycles. The van der Waals surface area contributed by atoms with E-state index < -0.39 is 0 Å². The molecule has 2 heterocycles. The second-order valence-electron chi connectivity index (χ2n) is 8.88. The van der Waals surface area contributed by atoms with Gasteiger partial charge >= 0.3 is 0 Å². The van der Waals surface area contributed by atoms with Gasteiger partial charge in [0.05, 0.1) is 11.8 Å². The fraction of sp³-hybridized carbons (Fsp3) is 0.423. The summed E-state index contributed by atoms with van der Waals surface area (Å²) >= 11 is 1.38. The van der Waals surface area contributed by atoms with Crippen LogP contribution in [0.1, 0.15) is 50.7 Å². The molecule has 4 rings (SSSR count). The number of carbonyl (C=O) groups is 1. The highest BCUT2D eigenvalue weighted by molar-refractivity contribution is 7.99. The summed E-state index contributed by atoms with van der Waals surface area (Å²) in [6.45, 7) is 9.65. The van der Waals surface area contributed by atoms with E-state index >= 15 is 0 Å². The molecule has 8 nitrogen and oxygen atoms in total. The summed E-state index contributed by atoms with van der Waals surface area (Å²) in [6, 6.07) is 13.6. The maximum atomic E-state index is 12.7. The zero-order chi connectivity index (χ0) is 24.8. The summed E-state index contributed by atoms with van der Waals surface area (Å²) in [5.74, 6) is 3.54. The first-order valence-corrected chi connectivity index (χ1v) is 12.9. The van der Waals surface area contributed by atoms with E-state index in [-0.39, 0.29) is 24.5 Å². The van der Waals surface area contributed by atoms with E-state index in [1.807, 2.05) is 41.8 Å². The Kier molecular flexibility index (Phi) is 8.17. The molecule has 186 valence electrons. The van der Waals surface area contributed by atoms with Gasteiger partial charge in [-0.2, -0.15) is 0 Å². The maximum Gasteiger partial charge on any atom is 0.231 e. The van der Waals surface area contributed by atoms with E-state index in [9.17, 15) is 4.79 Å². The molecule has 1 amide bonds. The first kappa shape index (κ1) is 24.9. The summed E-state index contributed by atoms with van der Waals surface area (Å²) in [7, 11) is 0. The minimum atomic E-state index is -0.158. The summed E-state index contributed by atoms with van der Waals surface area (Å²) in [4.78, 5) is 12.7. The molecule has 0 radical (unpaired) electrons. The molecule has 1 atom stereocenters. The average molecular weight is 497 g/mol. The normalized spacial score (nSPS) is 13.2. The predicted octanol–water partition coefficient (Wildman–Crippen LogP) is 4.77. The number of amides is 1. The number of nitrogens with zero attached hydrogens (tertiary/aromatic N) is 3. The van der Waals surface area contributed by atoms with E-state index in [2.05, 4.69) is 48.4 Å². The average Bonchev–Trinajstić information content (AvgIpc) is 3.47. The molecule has 3 aromatic rings. The number of benzene rings is 2. The van der Waals surface area contributed by atoms with Crippen molar-refractivity contribution in [3.63, 3.8) is 0 Å². The minimum absolute atomic E-state index is 0.0759. The van der Waals surface area contributed by atoms with Crippen LogP contribution in [0.5, 0.6) is 17.2 Å². The molecule has 0 aliphatic carbocycles. The van der Waals surface area contributed by atoms with E-state index in [1.54, 1.807) is 0 Å². The highest BCUT2D eigenvalue weighted by Crippen LogP contribution is 2.34. The van der Waals surface area contributed by atoms with Crippen molar-refractivity contribution < 1.29 is 19.0 Å². The topological polar surface area (TPSA) is 87.5 Å². The van der Waals surface area contributed by atoms with Crippen molar-refractivity contribution in [3.8, 4) is 17.2 Å². The van der Waals surface area contributed by atoms with Crippen molar-refractivity contribution in [2.24, 2.45) is 5.92 Å². The van der Waals surface area contributed by atoms with Crippen LogP contribution in [0.25, 0.3) is 0 Å². The summed E-state index contributed by atoms with van der Waals surface area (Å²) in [5, 5.41) is 12.4. The van der Waals surface area contributed by atoms with Crippen LogP contribution >= 0.6 is 11.8 Å². The molecule has 35 heavy (non-hydrogen) atoms. The van der Waals surface area contributed by atoms with E-state index in [0.717, 1.165) is 35.9 Å². The molecule has 0 spiro atoms. The first-order valence-electron chi connectivity index (χ1n) is 11.9. The number of thioether (sulfide) groups is 1. The monoisotopic (exact) mass is 496 g/mol. The third-order valence-corrected chi connectivity index (χ3v) is 6.61. The number of rotatable bonds is 11.